The molecular formula is C17H23N3O. The van der Waals surface area contributed by atoms with Crippen LogP contribution < -0.4 is 4.90 Å². The van der Waals surface area contributed by atoms with Crippen molar-refractivity contribution in [3.8, 4) is 0 Å². The van der Waals surface area contributed by atoms with E-state index in [9.17, 15) is 4.79 Å². The molecule has 0 radical (unpaired) electrons. The van der Waals surface area contributed by atoms with Gasteiger partial charge in [0.25, 0.3) is 0 Å². The van der Waals surface area contributed by atoms with Crippen LogP contribution in [0.4, 0.5) is 5.69 Å². The van der Waals surface area contributed by atoms with E-state index in [1.807, 2.05) is 41.9 Å². The van der Waals surface area contributed by atoms with Crippen molar-refractivity contribution in [1.29, 1.82) is 0 Å². The Morgan fingerprint density at radius 1 is 1.24 bits per heavy atom. The number of hydrogen-bond acceptors (Lipinski definition) is 2. The van der Waals surface area contributed by atoms with Crippen molar-refractivity contribution in [3.63, 3.8) is 0 Å². The van der Waals surface area contributed by atoms with Crippen molar-refractivity contribution in [3.05, 3.63) is 47.3 Å². The van der Waals surface area contributed by atoms with Crippen LogP contribution in [0.1, 0.15) is 30.0 Å². The van der Waals surface area contributed by atoms with Gasteiger partial charge in [-0.3, -0.25) is 9.48 Å². The lowest BCUT2D eigenvalue weighted by atomic mass is 10.1. The summed E-state index contributed by atoms with van der Waals surface area (Å²) in [4.78, 5) is 14.3. The van der Waals surface area contributed by atoms with Crippen LogP contribution in [0, 0.1) is 20.8 Å². The molecule has 0 aliphatic carbocycles. The van der Waals surface area contributed by atoms with E-state index in [2.05, 4.69) is 31.1 Å². The minimum Gasteiger partial charge on any atom is -0.312 e. The largest absolute Gasteiger partial charge is 0.312 e. The lowest BCUT2D eigenvalue weighted by Gasteiger charge is -2.23. The molecule has 0 aliphatic rings. The summed E-state index contributed by atoms with van der Waals surface area (Å²) in [6.45, 7) is 9.42. The highest BCUT2D eigenvalue weighted by molar-refractivity contribution is 5.94. The molecule has 0 saturated heterocycles. The Morgan fingerprint density at radius 3 is 2.57 bits per heavy atom. The Hall–Kier alpha value is -2.10. The van der Waals surface area contributed by atoms with Gasteiger partial charge in [-0.1, -0.05) is 17.7 Å². The third-order valence-electron chi connectivity index (χ3n) is 3.58. The minimum atomic E-state index is 0.137. The monoisotopic (exact) mass is 285 g/mol. The summed E-state index contributed by atoms with van der Waals surface area (Å²) in [7, 11) is 0. The zero-order valence-corrected chi connectivity index (χ0v) is 13.3. The summed E-state index contributed by atoms with van der Waals surface area (Å²) in [5.74, 6) is 0.137. The topological polar surface area (TPSA) is 38.1 Å². The van der Waals surface area contributed by atoms with E-state index in [-0.39, 0.29) is 5.91 Å². The molecule has 0 bridgehead atoms. The maximum atomic E-state index is 12.5. The molecule has 0 N–H and O–H groups in total. The van der Waals surface area contributed by atoms with Crippen molar-refractivity contribution < 1.29 is 4.79 Å². The van der Waals surface area contributed by atoms with Gasteiger partial charge >= 0.3 is 0 Å². The van der Waals surface area contributed by atoms with Gasteiger partial charge in [-0.15, -0.1) is 0 Å². The third-order valence-corrected chi connectivity index (χ3v) is 3.58. The molecular weight excluding hydrogens is 262 g/mol. The average molecular weight is 285 g/mol. The molecule has 1 aromatic heterocycles. The first-order valence-corrected chi connectivity index (χ1v) is 7.38. The Balaban J connectivity index is 2.07. The number of aromatic nitrogens is 2. The fraction of sp³-hybridized carbons (Fsp3) is 0.412. The van der Waals surface area contributed by atoms with Gasteiger partial charge in [-0.05, 0) is 44.9 Å². The molecule has 4 nitrogen and oxygen atoms in total. The van der Waals surface area contributed by atoms with E-state index < -0.39 is 0 Å². The maximum absolute atomic E-state index is 12.5. The fourth-order valence-electron chi connectivity index (χ4n) is 2.52. The second-order valence-corrected chi connectivity index (χ2v) is 5.46. The van der Waals surface area contributed by atoms with Crippen LogP contribution in [0.5, 0.6) is 0 Å². The van der Waals surface area contributed by atoms with E-state index in [4.69, 9.17) is 0 Å². The van der Waals surface area contributed by atoms with Crippen LogP contribution in [-0.2, 0) is 11.3 Å². The van der Waals surface area contributed by atoms with Crippen molar-refractivity contribution in [2.45, 2.75) is 40.7 Å². The predicted octanol–water partition coefficient (Wildman–Crippen LogP) is 3.25. The number of carbonyl (C=O) groups excluding carboxylic acids is 1. The zero-order valence-electron chi connectivity index (χ0n) is 13.3. The first-order valence-electron chi connectivity index (χ1n) is 7.38. The quantitative estimate of drug-likeness (QED) is 0.845. The normalized spacial score (nSPS) is 10.7. The van der Waals surface area contributed by atoms with Crippen LogP contribution in [0.25, 0.3) is 0 Å². The van der Waals surface area contributed by atoms with Crippen LogP contribution >= 0.6 is 0 Å². The Kier molecular flexibility index (Phi) is 4.78. The molecule has 21 heavy (non-hydrogen) atoms. The van der Waals surface area contributed by atoms with Gasteiger partial charge < -0.3 is 4.90 Å². The average Bonchev–Trinajstić information content (AvgIpc) is 2.85. The molecule has 4 heteroatoms. The summed E-state index contributed by atoms with van der Waals surface area (Å²) in [5, 5.41) is 4.22. The lowest BCUT2D eigenvalue weighted by Crippen LogP contribution is -2.32. The van der Waals surface area contributed by atoms with Crippen molar-refractivity contribution in [1.82, 2.24) is 9.78 Å². The summed E-state index contributed by atoms with van der Waals surface area (Å²) < 4.78 is 1.82. The Labute approximate surface area is 126 Å². The van der Waals surface area contributed by atoms with Gasteiger partial charge in [0.1, 0.15) is 0 Å². The zero-order chi connectivity index (χ0) is 15.4. The molecule has 0 atom stereocenters. The van der Waals surface area contributed by atoms with Gasteiger partial charge in [0.2, 0.25) is 5.91 Å². The number of nitrogens with zero attached hydrogens (tertiary/aromatic N) is 3. The molecule has 0 saturated carbocycles. The highest BCUT2D eigenvalue weighted by Crippen LogP contribution is 2.21. The molecule has 1 amide bonds. The third kappa shape index (κ3) is 3.72. The summed E-state index contributed by atoms with van der Waals surface area (Å²) >= 11 is 0. The maximum Gasteiger partial charge on any atom is 0.228 e. The molecule has 0 aliphatic heterocycles. The fourth-order valence-corrected chi connectivity index (χ4v) is 2.52. The van der Waals surface area contributed by atoms with E-state index in [1.165, 1.54) is 5.56 Å². The Morgan fingerprint density at radius 2 is 2.00 bits per heavy atom. The number of hydrogen-bond donors (Lipinski definition) is 0. The SMILES string of the molecule is CCN(C(=O)CCn1cc(C)cn1)c1ccc(C)cc1C. The number of rotatable bonds is 5. The number of anilines is 1. The van der Waals surface area contributed by atoms with Gasteiger partial charge in [0.05, 0.1) is 6.20 Å². The van der Waals surface area contributed by atoms with E-state index in [0.29, 0.717) is 19.5 Å². The van der Waals surface area contributed by atoms with Crippen molar-refractivity contribution in [2.24, 2.45) is 0 Å². The molecule has 0 spiro atoms. The lowest BCUT2D eigenvalue weighted by molar-refractivity contribution is -0.118. The number of aryl methyl sites for hydroxylation is 4. The first kappa shape index (κ1) is 15.3. The number of amides is 1. The van der Waals surface area contributed by atoms with Gasteiger partial charge in [0, 0.05) is 31.4 Å². The number of carbonyl (C=O) groups is 1. The second-order valence-electron chi connectivity index (χ2n) is 5.46. The van der Waals surface area contributed by atoms with E-state index in [0.717, 1.165) is 16.8 Å². The Bertz CT molecular complexity index is 631. The highest BCUT2D eigenvalue weighted by Gasteiger charge is 2.15. The minimum absolute atomic E-state index is 0.137. The molecule has 0 fully saturated rings. The summed E-state index contributed by atoms with van der Waals surface area (Å²) in [6, 6.07) is 6.20. The van der Waals surface area contributed by atoms with Crippen molar-refractivity contribution >= 4 is 11.6 Å². The molecule has 2 rings (SSSR count). The summed E-state index contributed by atoms with van der Waals surface area (Å²) in [5.41, 5.74) is 4.47. The summed E-state index contributed by atoms with van der Waals surface area (Å²) in [6.07, 6.45) is 4.23. The van der Waals surface area contributed by atoms with E-state index >= 15 is 0 Å². The standard InChI is InChI=1S/C17H23N3O/c1-5-20(16-7-6-13(2)10-15(16)4)17(21)8-9-19-12-14(3)11-18-19/h6-7,10-12H,5,8-9H2,1-4H3. The molecule has 0 unspecified atom stereocenters. The van der Waals surface area contributed by atoms with Gasteiger partial charge in [0.15, 0.2) is 0 Å². The van der Waals surface area contributed by atoms with E-state index in [1.54, 1.807) is 0 Å². The first-order chi connectivity index (χ1) is 10.0. The predicted molar refractivity (Wildman–Crippen MR) is 85.5 cm³/mol. The molecule has 2 aromatic rings. The highest BCUT2D eigenvalue weighted by atomic mass is 16.2. The molecule has 1 aromatic carbocycles. The smallest absolute Gasteiger partial charge is 0.228 e. The van der Waals surface area contributed by atoms with Crippen LogP contribution in [0.15, 0.2) is 30.6 Å². The van der Waals surface area contributed by atoms with Crippen LogP contribution in [-0.4, -0.2) is 22.2 Å². The second kappa shape index (κ2) is 6.57. The molecule has 112 valence electrons. The van der Waals surface area contributed by atoms with Crippen molar-refractivity contribution in [2.75, 3.05) is 11.4 Å². The van der Waals surface area contributed by atoms with Gasteiger partial charge in [-0.2, -0.15) is 5.10 Å². The van der Waals surface area contributed by atoms with Crippen LogP contribution in [0.3, 0.4) is 0 Å². The molecule has 1 heterocycles. The van der Waals surface area contributed by atoms with Crippen LogP contribution in [0.2, 0.25) is 0 Å². The number of benzene rings is 1. The van der Waals surface area contributed by atoms with Gasteiger partial charge in [-0.25, -0.2) is 0 Å².